The number of pyridine rings is 1. The average Bonchev–Trinajstić information content (AvgIpc) is 2.50. The molecule has 0 saturated heterocycles. The summed E-state index contributed by atoms with van der Waals surface area (Å²) < 4.78 is 1.40. The molecule has 6 heteroatoms. The lowest BCUT2D eigenvalue weighted by Crippen LogP contribution is -2.28. The topological polar surface area (TPSA) is 76.9 Å². The Bertz CT molecular complexity index is 902. The van der Waals surface area contributed by atoms with Crippen molar-refractivity contribution in [2.24, 2.45) is 0 Å². The number of rotatable bonds is 3. The second-order valence-electron chi connectivity index (χ2n) is 4.94. The zero-order chi connectivity index (χ0) is 15.5. The van der Waals surface area contributed by atoms with Gasteiger partial charge in [0.25, 0.3) is 5.56 Å². The van der Waals surface area contributed by atoms with Crippen molar-refractivity contribution in [2.45, 2.75) is 13.5 Å². The molecule has 0 atom stereocenters. The number of carbonyl (C=O) groups excluding carboxylic acids is 1. The molecule has 2 heterocycles. The van der Waals surface area contributed by atoms with E-state index < -0.39 is 0 Å². The van der Waals surface area contributed by atoms with Crippen molar-refractivity contribution in [3.8, 4) is 0 Å². The molecular formula is C16H14N4O2. The SMILES string of the molecule is Cc1ccnc(NC(=O)Cn2c(=O)cnc3ccccc32)c1. The van der Waals surface area contributed by atoms with E-state index in [0.717, 1.165) is 5.56 Å². The number of carbonyl (C=O) groups is 1. The Kier molecular flexibility index (Phi) is 3.65. The second kappa shape index (κ2) is 5.77. The van der Waals surface area contributed by atoms with Crippen molar-refractivity contribution in [1.29, 1.82) is 0 Å². The van der Waals surface area contributed by atoms with Gasteiger partial charge in [0.2, 0.25) is 5.91 Å². The highest BCUT2D eigenvalue weighted by Crippen LogP contribution is 2.09. The molecule has 1 aromatic carbocycles. The summed E-state index contributed by atoms with van der Waals surface area (Å²) in [6, 6.07) is 10.8. The van der Waals surface area contributed by atoms with Crippen LogP contribution in [0.5, 0.6) is 0 Å². The zero-order valence-electron chi connectivity index (χ0n) is 12.0. The van der Waals surface area contributed by atoms with Crippen LogP contribution < -0.4 is 10.9 Å². The molecule has 0 bridgehead atoms. The maximum atomic E-state index is 12.2. The molecule has 3 aromatic rings. The van der Waals surface area contributed by atoms with Crippen LogP contribution in [0.1, 0.15) is 5.56 Å². The van der Waals surface area contributed by atoms with Crippen LogP contribution in [0.3, 0.4) is 0 Å². The number of nitrogens with zero attached hydrogens (tertiary/aromatic N) is 3. The van der Waals surface area contributed by atoms with Gasteiger partial charge in [-0.05, 0) is 36.8 Å². The summed E-state index contributed by atoms with van der Waals surface area (Å²) in [5.74, 6) is 0.160. The molecule has 3 rings (SSSR count). The van der Waals surface area contributed by atoms with Crippen molar-refractivity contribution in [3.05, 3.63) is 64.7 Å². The predicted octanol–water partition coefficient (Wildman–Crippen LogP) is 1.74. The molecule has 1 N–H and O–H groups in total. The van der Waals surface area contributed by atoms with E-state index in [1.54, 1.807) is 30.5 Å². The highest BCUT2D eigenvalue weighted by Gasteiger charge is 2.09. The van der Waals surface area contributed by atoms with Gasteiger partial charge in [-0.1, -0.05) is 12.1 Å². The molecule has 0 aliphatic carbocycles. The summed E-state index contributed by atoms with van der Waals surface area (Å²) in [5, 5.41) is 2.69. The van der Waals surface area contributed by atoms with Crippen LogP contribution >= 0.6 is 0 Å². The van der Waals surface area contributed by atoms with Gasteiger partial charge in [0.1, 0.15) is 12.4 Å². The molecule has 0 fully saturated rings. The first-order valence-corrected chi connectivity index (χ1v) is 6.80. The van der Waals surface area contributed by atoms with Gasteiger partial charge >= 0.3 is 0 Å². The fourth-order valence-electron chi connectivity index (χ4n) is 2.21. The van der Waals surface area contributed by atoms with Gasteiger partial charge in [-0.15, -0.1) is 0 Å². The standard InChI is InChI=1S/C16H14N4O2/c1-11-6-7-17-14(8-11)19-15(21)10-20-13-5-3-2-4-12(13)18-9-16(20)22/h2-9H,10H2,1H3,(H,17,19,21). The molecule has 1 amide bonds. The van der Waals surface area contributed by atoms with E-state index in [1.165, 1.54) is 10.8 Å². The molecule has 0 saturated carbocycles. The molecule has 2 aromatic heterocycles. The molecule has 0 radical (unpaired) electrons. The number of para-hydroxylation sites is 2. The predicted molar refractivity (Wildman–Crippen MR) is 83.6 cm³/mol. The van der Waals surface area contributed by atoms with E-state index in [9.17, 15) is 9.59 Å². The average molecular weight is 294 g/mol. The molecular weight excluding hydrogens is 280 g/mol. The van der Waals surface area contributed by atoms with Gasteiger partial charge in [0, 0.05) is 6.20 Å². The highest BCUT2D eigenvalue weighted by atomic mass is 16.2. The Morgan fingerprint density at radius 1 is 1.23 bits per heavy atom. The Hall–Kier alpha value is -3.02. The number of nitrogens with one attached hydrogen (secondary N) is 1. The lowest BCUT2D eigenvalue weighted by atomic mass is 10.3. The van der Waals surface area contributed by atoms with Crippen molar-refractivity contribution in [1.82, 2.24) is 14.5 Å². The molecule has 0 aliphatic rings. The number of anilines is 1. The van der Waals surface area contributed by atoms with Gasteiger partial charge in [-0.3, -0.25) is 14.2 Å². The fourth-order valence-corrected chi connectivity index (χ4v) is 2.21. The molecule has 0 aliphatic heterocycles. The summed E-state index contributed by atoms with van der Waals surface area (Å²) in [6.45, 7) is 1.83. The van der Waals surface area contributed by atoms with Crippen LogP contribution in [0, 0.1) is 6.92 Å². The van der Waals surface area contributed by atoms with Crippen molar-refractivity contribution in [3.63, 3.8) is 0 Å². The minimum atomic E-state index is -0.314. The fraction of sp³-hybridized carbons (Fsp3) is 0.125. The summed E-state index contributed by atoms with van der Waals surface area (Å²) in [7, 11) is 0. The first-order valence-electron chi connectivity index (χ1n) is 6.80. The zero-order valence-corrected chi connectivity index (χ0v) is 12.0. The van der Waals surface area contributed by atoms with Gasteiger partial charge < -0.3 is 5.32 Å². The van der Waals surface area contributed by atoms with Crippen LogP contribution in [0.25, 0.3) is 11.0 Å². The van der Waals surface area contributed by atoms with Crippen molar-refractivity contribution >= 4 is 22.8 Å². The lowest BCUT2D eigenvalue weighted by Gasteiger charge is -2.09. The first-order chi connectivity index (χ1) is 10.6. The highest BCUT2D eigenvalue weighted by molar-refractivity contribution is 5.90. The third-order valence-corrected chi connectivity index (χ3v) is 3.24. The smallest absolute Gasteiger partial charge is 0.269 e. The maximum Gasteiger partial charge on any atom is 0.269 e. The number of amides is 1. The van der Waals surface area contributed by atoms with Crippen LogP contribution in [0.4, 0.5) is 5.82 Å². The molecule has 22 heavy (non-hydrogen) atoms. The number of fused-ring (bicyclic) bond motifs is 1. The number of hydrogen-bond donors (Lipinski definition) is 1. The Morgan fingerprint density at radius 2 is 2.05 bits per heavy atom. The van der Waals surface area contributed by atoms with Crippen LogP contribution in [0.2, 0.25) is 0 Å². The van der Waals surface area contributed by atoms with E-state index in [-0.39, 0.29) is 18.0 Å². The Morgan fingerprint density at radius 3 is 2.86 bits per heavy atom. The minimum absolute atomic E-state index is 0.0858. The van der Waals surface area contributed by atoms with Crippen molar-refractivity contribution < 1.29 is 4.79 Å². The summed E-state index contributed by atoms with van der Waals surface area (Å²) in [4.78, 5) is 32.3. The summed E-state index contributed by atoms with van der Waals surface area (Å²) >= 11 is 0. The molecule has 110 valence electrons. The van der Waals surface area contributed by atoms with Gasteiger partial charge in [-0.2, -0.15) is 0 Å². The number of aryl methyl sites for hydroxylation is 1. The van der Waals surface area contributed by atoms with Crippen LogP contribution in [-0.4, -0.2) is 20.4 Å². The largest absolute Gasteiger partial charge is 0.309 e. The summed E-state index contributed by atoms with van der Waals surface area (Å²) in [6.07, 6.45) is 2.85. The number of aromatic nitrogens is 3. The number of hydrogen-bond acceptors (Lipinski definition) is 4. The third-order valence-electron chi connectivity index (χ3n) is 3.24. The molecule has 6 nitrogen and oxygen atoms in total. The Balaban J connectivity index is 1.88. The van der Waals surface area contributed by atoms with E-state index in [0.29, 0.717) is 16.9 Å². The lowest BCUT2D eigenvalue weighted by molar-refractivity contribution is -0.116. The maximum absolute atomic E-state index is 12.2. The van der Waals surface area contributed by atoms with E-state index in [1.807, 2.05) is 19.1 Å². The molecule has 0 unspecified atom stereocenters. The van der Waals surface area contributed by atoms with E-state index >= 15 is 0 Å². The van der Waals surface area contributed by atoms with E-state index in [2.05, 4.69) is 15.3 Å². The van der Waals surface area contributed by atoms with E-state index in [4.69, 9.17) is 0 Å². The first kappa shape index (κ1) is 13.9. The quantitative estimate of drug-likeness (QED) is 0.798. The van der Waals surface area contributed by atoms with Crippen LogP contribution in [-0.2, 0) is 11.3 Å². The minimum Gasteiger partial charge on any atom is -0.309 e. The third kappa shape index (κ3) is 2.85. The van der Waals surface area contributed by atoms with Crippen LogP contribution in [0.15, 0.2) is 53.6 Å². The Labute approximate surface area is 126 Å². The summed E-state index contributed by atoms with van der Waals surface area (Å²) in [5.41, 5.74) is 1.98. The monoisotopic (exact) mass is 294 g/mol. The van der Waals surface area contributed by atoms with Gasteiger partial charge in [-0.25, -0.2) is 9.97 Å². The second-order valence-corrected chi connectivity index (χ2v) is 4.94. The number of benzene rings is 1. The van der Waals surface area contributed by atoms with Crippen molar-refractivity contribution in [2.75, 3.05) is 5.32 Å². The molecule has 0 spiro atoms. The van der Waals surface area contributed by atoms with Gasteiger partial charge in [0.15, 0.2) is 0 Å². The van der Waals surface area contributed by atoms with Gasteiger partial charge in [0.05, 0.1) is 17.2 Å². The normalized spacial score (nSPS) is 10.6.